The molecule has 0 atom stereocenters. The van der Waals surface area contributed by atoms with Gasteiger partial charge in [-0.15, -0.1) is 11.3 Å². The third-order valence-electron chi connectivity index (χ3n) is 7.16. The first-order chi connectivity index (χ1) is 19.3. The minimum absolute atomic E-state index is 0.676. The molecule has 0 N–H and O–H groups in total. The van der Waals surface area contributed by atoms with Gasteiger partial charge in [0.15, 0.2) is 0 Å². The predicted molar refractivity (Wildman–Crippen MR) is 164 cm³/mol. The summed E-state index contributed by atoms with van der Waals surface area (Å²) in [7, 11) is 0. The van der Waals surface area contributed by atoms with Crippen LogP contribution in [-0.2, 0) is 0 Å². The van der Waals surface area contributed by atoms with Gasteiger partial charge in [0.05, 0.1) is 23.0 Å². The molecule has 0 aliphatic carbocycles. The third kappa shape index (κ3) is 4.18. The van der Waals surface area contributed by atoms with Crippen molar-refractivity contribution in [2.45, 2.75) is 0 Å². The zero-order chi connectivity index (χ0) is 26.2. The molecular weight excluding hydrogens is 492 g/mol. The van der Waals surface area contributed by atoms with E-state index < -0.39 is 0 Å². The van der Waals surface area contributed by atoms with Crippen LogP contribution in [0.3, 0.4) is 0 Å². The van der Waals surface area contributed by atoms with Crippen molar-refractivity contribution in [2.24, 2.45) is 0 Å². The maximum Gasteiger partial charge on any atom is 0.0991 e. The summed E-state index contributed by atoms with van der Waals surface area (Å²) in [6.45, 7) is 0. The molecule has 0 fully saturated rings. The molecular formula is C36H22N2S. The molecule has 0 aliphatic rings. The second-order valence-corrected chi connectivity index (χ2v) is 10.5. The SMILES string of the molecule is N#Cc1ccc(-c2cccc3c2sc2c(-c4ccc(-c5cccc(-c6ccccc6)n5)cc4)cccc23)cc1. The largest absolute Gasteiger partial charge is 0.248 e. The summed E-state index contributed by atoms with van der Waals surface area (Å²) >= 11 is 1.84. The van der Waals surface area contributed by atoms with E-state index in [1.54, 1.807) is 0 Å². The van der Waals surface area contributed by atoms with E-state index in [9.17, 15) is 5.26 Å². The summed E-state index contributed by atoms with van der Waals surface area (Å²) in [4.78, 5) is 4.93. The van der Waals surface area contributed by atoms with Gasteiger partial charge in [-0.2, -0.15) is 5.26 Å². The van der Waals surface area contributed by atoms with Crippen molar-refractivity contribution in [1.82, 2.24) is 4.98 Å². The average Bonchev–Trinajstić information content (AvgIpc) is 3.41. The summed E-state index contributed by atoms with van der Waals surface area (Å²) < 4.78 is 2.55. The van der Waals surface area contributed by atoms with Gasteiger partial charge in [0.25, 0.3) is 0 Å². The second kappa shape index (κ2) is 9.68. The van der Waals surface area contributed by atoms with Gasteiger partial charge in [-0.25, -0.2) is 4.98 Å². The molecule has 0 unspecified atom stereocenters. The van der Waals surface area contributed by atoms with Gasteiger partial charge < -0.3 is 0 Å². The number of fused-ring (bicyclic) bond motifs is 3. The Balaban J connectivity index is 1.29. The minimum atomic E-state index is 0.676. The van der Waals surface area contributed by atoms with Gasteiger partial charge >= 0.3 is 0 Å². The Kier molecular flexibility index (Phi) is 5.74. The summed E-state index contributed by atoms with van der Waals surface area (Å²) in [5, 5.41) is 11.7. The Morgan fingerprint density at radius 2 is 0.949 bits per heavy atom. The summed E-state index contributed by atoms with van der Waals surface area (Å²) in [6.07, 6.45) is 0. The topological polar surface area (TPSA) is 36.7 Å². The van der Waals surface area contributed by atoms with E-state index in [1.165, 1.54) is 36.9 Å². The number of hydrogen-bond acceptors (Lipinski definition) is 3. The van der Waals surface area contributed by atoms with Gasteiger partial charge in [0.2, 0.25) is 0 Å². The predicted octanol–water partition coefficient (Wildman–Crippen LogP) is 9.99. The van der Waals surface area contributed by atoms with Crippen LogP contribution in [0.4, 0.5) is 0 Å². The van der Waals surface area contributed by atoms with Crippen LogP contribution in [0.2, 0.25) is 0 Å². The van der Waals surface area contributed by atoms with Crippen LogP contribution >= 0.6 is 11.3 Å². The van der Waals surface area contributed by atoms with Crippen LogP contribution in [0, 0.1) is 11.3 Å². The molecule has 0 saturated heterocycles. The van der Waals surface area contributed by atoms with Gasteiger partial charge in [0, 0.05) is 31.3 Å². The van der Waals surface area contributed by atoms with Gasteiger partial charge in [-0.3, -0.25) is 0 Å². The van der Waals surface area contributed by atoms with Crippen molar-refractivity contribution in [3.63, 3.8) is 0 Å². The van der Waals surface area contributed by atoms with Crippen LogP contribution in [0.15, 0.2) is 133 Å². The van der Waals surface area contributed by atoms with E-state index in [4.69, 9.17) is 4.98 Å². The number of rotatable bonds is 4. The molecule has 2 heterocycles. The Bertz CT molecular complexity index is 2000. The Morgan fingerprint density at radius 3 is 1.51 bits per heavy atom. The fourth-order valence-electron chi connectivity index (χ4n) is 5.18. The second-order valence-electron chi connectivity index (χ2n) is 9.51. The van der Waals surface area contributed by atoms with E-state index in [-0.39, 0.29) is 0 Å². The lowest BCUT2D eigenvalue weighted by Crippen LogP contribution is -1.88. The Morgan fingerprint density at radius 1 is 0.462 bits per heavy atom. The molecule has 7 aromatic rings. The highest BCUT2D eigenvalue weighted by atomic mass is 32.1. The highest BCUT2D eigenvalue weighted by Gasteiger charge is 2.14. The van der Waals surface area contributed by atoms with Crippen molar-refractivity contribution >= 4 is 31.5 Å². The number of thiophene rings is 1. The van der Waals surface area contributed by atoms with Crippen LogP contribution in [0.25, 0.3) is 64.9 Å². The van der Waals surface area contributed by atoms with Gasteiger partial charge in [0.1, 0.15) is 0 Å². The summed E-state index contributed by atoms with van der Waals surface area (Å²) in [5.74, 6) is 0. The zero-order valence-electron chi connectivity index (χ0n) is 21.0. The number of nitriles is 1. The molecule has 5 aromatic carbocycles. The first-order valence-corrected chi connectivity index (χ1v) is 13.7. The van der Waals surface area contributed by atoms with Crippen LogP contribution in [0.1, 0.15) is 5.56 Å². The number of aromatic nitrogens is 1. The molecule has 0 aliphatic heterocycles. The fourth-order valence-corrected chi connectivity index (χ4v) is 6.56. The van der Waals surface area contributed by atoms with Crippen molar-refractivity contribution in [3.05, 3.63) is 139 Å². The van der Waals surface area contributed by atoms with Crippen molar-refractivity contribution in [3.8, 4) is 50.8 Å². The average molecular weight is 515 g/mol. The smallest absolute Gasteiger partial charge is 0.0991 e. The van der Waals surface area contributed by atoms with Gasteiger partial charge in [-0.1, -0.05) is 109 Å². The highest BCUT2D eigenvalue weighted by molar-refractivity contribution is 7.26. The standard InChI is InChI=1S/C36H22N2S/c37-23-24-15-17-25(18-16-24)29-9-4-11-31-32-12-5-10-30(36(32)39-35(29)31)26-19-21-28(22-20-26)34-14-6-13-33(38-34)27-7-2-1-3-8-27/h1-22H. The molecule has 2 aromatic heterocycles. The molecule has 0 amide bonds. The van der Waals surface area contributed by atoms with Crippen molar-refractivity contribution in [2.75, 3.05) is 0 Å². The van der Waals surface area contributed by atoms with E-state index in [2.05, 4.69) is 97.1 Å². The Labute approximate surface area is 231 Å². The maximum atomic E-state index is 9.19. The summed E-state index contributed by atoms with van der Waals surface area (Å²) in [5.41, 5.74) is 9.59. The van der Waals surface area contributed by atoms with Gasteiger partial charge in [-0.05, 0) is 46.5 Å². The monoisotopic (exact) mass is 514 g/mol. The number of nitrogens with zero attached hydrogens (tertiary/aromatic N) is 2. The molecule has 3 heteroatoms. The van der Waals surface area contributed by atoms with E-state index in [1.807, 2.05) is 53.8 Å². The molecule has 7 rings (SSSR count). The lowest BCUT2D eigenvalue weighted by Gasteiger charge is -2.07. The normalized spacial score (nSPS) is 11.1. The first-order valence-electron chi connectivity index (χ1n) is 12.9. The van der Waals surface area contributed by atoms with E-state index in [0.29, 0.717) is 5.56 Å². The number of benzene rings is 5. The van der Waals surface area contributed by atoms with Crippen molar-refractivity contribution < 1.29 is 0 Å². The number of pyridine rings is 1. The molecule has 0 saturated carbocycles. The van der Waals surface area contributed by atoms with E-state index >= 15 is 0 Å². The first kappa shape index (κ1) is 23.1. The molecule has 0 bridgehead atoms. The van der Waals surface area contributed by atoms with Crippen LogP contribution in [-0.4, -0.2) is 4.98 Å². The lowest BCUT2D eigenvalue weighted by atomic mass is 9.99. The van der Waals surface area contributed by atoms with Crippen LogP contribution < -0.4 is 0 Å². The quantitative estimate of drug-likeness (QED) is 0.234. The zero-order valence-corrected chi connectivity index (χ0v) is 21.8. The molecule has 0 radical (unpaired) electrons. The minimum Gasteiger partial charge on any atom is -0.248 e. The highest BCUT2D eigenvalue weighted by Crippen LogP contribution is 2.43. The fraction of sp³-hybridized carbons (Fsp3) is 0. The third-order valence-corrected chi connectivity index (χ3v) is 8.45. The summed E-state index contributed by atoms with van der Waals surface area (Å²) in [6, 6.07) is 48.4. The van der Waals surface area contributed by atoms with Crippen molar-refractivity contribution in [1.29, 1.82) is 5.26 Å². The molecule has 182 valence electrons. The molecule has 2 nitrogen and oxygen atoms in total. The molecule has 39 heavy (non-hydrogen) atoms. The molecule has 0 spiro atoms. The van der Waals surface area contributed by atoms with E-state index in [0.717, 1.165) is 28.1 Å². The van der Waals surface area contributed by atoms with Crippen LogP contribution in [0.5, 0.6) is 0 Å². The maximum absolute atomic E-state index is 9.19. The Hall–Kier alpha value is -5.04. The number of hydrogen-bond donors (Lipinski definition) is 0. The lowest BCUT2D eigenvalue weighted by molar-refractivity contribution is 1.32.